The van der Waals surface area contributed by atoms with Crippen molar-refractivity contribution in [3.05, 3.63) is 48.0 Å². The van der Waals surface area contributed by atoms with Gasteiger partial charge in [0.15, 0.2) is 5.16 Å². The number of nitrogen functional groups attached to an aromatic ring is 1. The quantitative estimate of drug-likeness (QED) is 0.800. The molecule has 0 unspecified atom stereocenters. The van der Waals surface area contributed by atoms with Crippen molar-refractivity contribution in [2.24, 2.45) is 0 Å². The Hall–Kier alpha value is -2.12. The Morgan fingerprint density at radius 3 is 2.85 bits per heavy atom. The predicted octanol–water partition coefficient (Wildman–Crippen LogP) is 2.44. The summed E-state index contributed by atoms with van der Waals surface area (Å²) in [5.74, 6) is 0.591. The molecular weight excluding hydrogens is 296 g/mol. The van der Waals surface area contributed by atoms with Crippen LogP contribution in [0.3, 0.4) is 0 Å². The lowest BCUT2D eigenvalue weighted by Gasteiger charge is -2.05. The molecule has 20 heavy (non-hydrogen) atoms. The lowest BCUT2D eigenvalue weighted by molar-refractivity contribution is 0.832. The summed E-state index contributed by atoms with van der Waals surface area (Å²) in [6.07, 6.45) is 4.98. The fourth-order valence-electron chi connectivity index (χ4n) is 1.54. The summed E-state index contributed by atoms with van der Waals surface area (Å²) in [7, 11) is 0. The maximum absolute atomic E-state index is 5.95. The van der Waals surface area contributed by atoms with Crippen molar-refractivity contribution in [1.82, 2.24) is 24.5 Å². The summed E-state index contributed by atoms with van der Waals surface area (Å²) < 4.78 is 1.67. The average Bonchev–Trinajstić information content (AvgIpc) is 2.91. The van der Waals surface area contributed by atoms with Crippen molar-refractivity contribution in [2.75, 3.05) is 5.73 Å². The van der Waals surface area contributed by atoms with E-state index < -0.39 is 0 Å². The highest BCUT2D eigenvalue weighted by Crippen LogP contribution is 2.27. The Bertz CT molecular complexity index is 731. The van der Waals surface area contributed by atoms with Crippen molar-refractivity contribution in [2.45, 2.75) is 10.1 Å². The third kappa shape index (κ3) is 2.89. The van der Waals surface area contributed by atoms with E-state index in [0.717, 1.165) is 4.90 Å². The number of rotatable bonds is 3. The summed E-state index contributed by atoms with van der Waals surface area (Å²) in [5.41, 5.74) is 5.71. The van der Waals surface area contributed by atoms with Crippen LogP contribution in [0.15, 0.2) is 53.0 Å². The van der Waals surface area contributed by atoms with E-state index >= 15 is 0 Å². The topological polar surface area (TPSA) is 82.5 Å². The molecule has 0 amide bonds. The molecule has 2 aromatic heterocycles. The first-order valence-corrected chi connectivity index (χ1v) is 6.83. The van der Waals surface area contributed by atoms with Gasteiger partial charge in [-0.3, -0.25) is 4.57 Å². The van der Waals surface area contributed by atoms with Gasteiger partial charge >= 0.3 is 0 Å². The first-order chi connectivity index (χ1) is 9.70. The summed E-state index contributed by atoms with van der Waals surface area (Å²) in [4.78, 5) is 17.4. The van der Waals surface area contributed by atoms with Gasteiger partial charge in [0.05, 0.1) is 0 Å². The second kappa shape index (κ2) is 5.48. The van der Waals surface area contributed by atoms with Crippen LogP contribution in [0, 0.1) is 0 Å². The summed E-state index contributed by atoms with van der Waals surface area (Å²) >= 11 is 7.32. The van der Waals surface area contributed by atoms with Crippen molar-refractivity contribution in [3.8, 4) is 5.95 Å². The highest BCUT2D eigenvalue weighted by Gasteiger charge is 2.08. The van der Waals surface area contributed by atoms with E-state index in [0.29, 0.717) is 16.1 Å². The molecule has 0 aliphatic heterocycles. The van der Waals surface area contributed by atoms with E-state index in [4.69, 9.17) is 17.3 Å². The van der Waals surface area contributed by atoms with Crippen molar-refractivity contribution >= 4 is 29.3 Å². The molecule has 0 bridgehead atoms. The smallest absolute Gasteiger partial charge is 0.240 e. The highest BCUT2D eigenvalue weighted by molar-refractivity contribution is 7.99. The van der Waals surface area contributed by atoms with Gasteiger partial charge in [-0.05, 0) is 30.0 Å². The first kappa shape index (κ1) is 12.9. The van der Waals surface area contributed by atoms with E-state index in [1.165, 1.54) is 11.8 Å². The van der Waals surface area contributed by atoms with Gasteiger partial charge in [0, 0.05) is 22.3 Å². The second-order valence-electron chi connectivity index (χ2n) is 3.81. The maximum atomic E-state index is 5.95. The molecule has 0 atom stereocenters. The van der Waals surface area contributed by atoms with Gasteiger partial charge in [-0.15, -0.1) is 0 Å². The SMILES string of the molecule is Nc1nc(Sc2cccc(Cl)c2)nc(-n2ccnc2)n1. The minimum Gasteiger partial charge on any atom is -0.368 e. The predicted molar refractivity (Wildman–Crippen MR) is 76.9 cm³/mol. The number of hydrogen-bond acceptors (Lipinski definition) is 6. The van der Waals surface area contributed by atoms with E-state index in [2.05, 4.69) is 19.9 Å². The second-order valence-corrected chi connectivity index (χ2v) is 5.28. The number of nitrogens with zero attached hydrogens (tertiary/aromatic N) is 5. The van der Waals surface area contributed by atoms with Gasteiger partial charge in [0.2, 0.25) is 11.9 Å². The van der Waals surface area contributed by atoms with Crippen molar-refractivity contribution < 1.29 is 0 Å². The normalized spacial score (nSPS) is 10.7. The molecule has 2 heterocycles. The van der Waals surface area contributed by atoms with Gasteiger partial charge in [-0.25, -0.2) is 4.98 Å². The van der Waals surface area contributed by atoms with Crippen LogP contribution in [0.5, 0.6) is 0 Å². The van der Waals surface area contributed by atoms with E-state index in [9.17, 15) is 0 Å². The fourth-order valence-corrected chi connectivity index (χ4v) is 2.60. The number of halogens is 1. The number of anilines is 1. The molecule has 3 rings (SSSR count). The first-order valence-electron chi connectivity index (χ1n) is 5.64. The van der Waals surface area contributed by atoms with Crippen LogP contribution in [-0.4, -0.2) is 24.5 Å². The van der Waals surface area contributed by atoms with Crippen LogP contribution in [0.2, 0.25) is 5.02 Å². The Morgan fingerprint density at radius 2 is 2.10 bits per heavy atom. The van der Waals surface area contributed by atoms with Crippen molar-refractivity contribution in [3.63, 3.8) is 0 Å². The molecule has 0 saturated carbocycles. The molecule has 0 spiro atoms. The Kier molecular flexibility index (Phi) is 3.53. The van der Waals surface area contributed by atoms with Crippen LogP contribution >= 0.6 is 23.4 Å². The molecule has 0 aliphatic carbocycles. The average molecular weight is 305 g/mol. The molecule has 0 fully saturated rings. The molecule has 3 aromatic rings. The number of benzene rings is 1. The zero-order valence-corrected chi connectivity index (χ0v) is 11.7. The van der Waals surface area contributed by atoms with Crippen LogP contribution in [-0.2, 0) is 0 Å². The van der Waals surface area contributed by atoms with Gasteiger partial charge in [0.1, 0.15) is 6.33 Å². The highest BCUT2D eigenvalue weighted by atomic mass is 35.5. The number of nitrogens with two attached hydrogens (primary N) is 1. The summed E-state index contributed by atoms with van der Waals surface area (Å²) in [6, 6.07) is 7.44. The number of aromatic nitrogens is 5. The zero-order valence-electron chi connectivity index (χ0n) is 10.1. The van der Waals surface area contributed by atoms with Crippen LogP contribution in [0.25, 0.3) is 5.95 Å². The zero-order chi connectivity index (χ0) is 13.9. The lowest BCUT2D eigenvalue weighted by Crippen LogP contribution is -2.05. The van der Waals surface area contributed by atoms with E-state index in [1.54, 1.807) is 23.3 Å². The van der Waals surface area contributed by atoms with E-state index in [1.807, 2.05) is 24.3 Å². The third-order valence-electron chi connectivity index (χ3n) is 2.36. The van der Waals surface area contributed by atoms with Crippen LogP contribution in [0.4, 0.5) is 5.95 Å². The van der Waals surface area contributed by atoms with Gasteiger partial charge < -0.3 is 5.73 Å². The van der Waals surface area contributed by atoms with Crippen molar-refractivity contribution in [1.29, 1.82) is 0 Å². The molecule has 8 heteroatoms. The largest absolute Gasteiger partial charge is 0.368 e. The Labute approximate surface area is 124 Å². The third-order valence-corrected chi connectivity index (χ3v) is 3.45. The molecule has 0 saturated heterocycles. The summed E-state index contributed by atoms with van der Waals surface area (Å²) in [6.45, 7) is 0. The Morgan fingerprint density at radius 1 is 1.20 bits per heavy atom. The van der Waals surface area contributed by atoms with Gasteiger partial charge in [-0.1, -0.05) is 17.7 Å². The standard InChI is InChI=1S/C12H9ClN6S/c13-8-2-1-3-9(6-8)20-12-17-10(14)16-11(18-12)19-5-4-15-7-19/h1-7H,(H2,14,16,17,18). The molecule has 0 radical (unpaired) electrons. The monoisotopic (exact) mass is 304 g/mol. The molecule has 0 aliphatic rings. The minimum atomic E-state index is 0.160. The number of hydrogen-bond donors (Lipinski definition) is 1. The minimum absolute atomic E-state index is 0.160. The molecular formula is C12H9ClN6S. The molecule has 2 N–H and O–H groups in total. The van der Waals surface area contributed by atoms with Crippen LogP contribution in [0.1, 0.15) is 0 Å². The molecule has 100 valence electrons. The van der Waals surface area contributed by atoms with Gasteiger partial charge in [0.25, 0.3) is 0 Å². The van der Waals surface area contributed by atoms with E-state index in [-0.39, 0.29) is 5.95 Å². The maximum Gasteiger partial charge on any atom is 0.240 e. The summed E-state index contributed by atoms with van der Waals surface area (Å²) in [5, 5.41) is 1.16. The number of imidazole rings is 1. The fraction of sp³-hybridized carbons (Fsp3) is 0. The molecule has 6 nitrogen and oxygen atoms in total. The van der Waals surface area contributed by atoms with Gasteiger partial charge in [-0.2, -0.15) is 15.0 Å². The lowest BCUT2D eigenvalue weighted by atomic mass is 10.4. The molecule has 1 aromatic carbocycles. The van der Waals surface area contributed by atoms with Crippen LogP contribution < -0.4 is 5.73 Å². The Balaban J connectivity index is 1.94.